The Kier molecular flexibility index (Phi) is 5.82. The molecule has 4 rings (SSSR count). The van der Waals surface area contributed by atoms with Crippen LogP contribution in [0.5, 0.6) is 0 Å². The van der Waals surface area contributed by atoms with Gasteiger partial charge < -0.3 is 9.64 Å². The molecule has 0 unspecified atom stereocenters. The van der Waals surface area contributed by atoms with Gasteiger partial charge in [0, 0.05) is 30.1 Å². The van der Waals surface area contributed by atoms with Crippen LogP contribution in [0, 0.1) is 0 Å². The summed E-state index contributed by atoms with van der Waals surface area (Å²) >= 11 is 1.65. The molecule has 1 amide bonds. The highest BCUT2D eigenvalue weighted by Crippen LogP contribution is 2.35. The molecule has 2 aromatic rings. The van der Waals surface area contributed by atoms with Gasteiger partial charge in [0.1, 0.15) is 0 Å². The second kappa shape index (κ2) is 8.32. The Bertz CT molecular complexity index is 921. The van der Waals surface area contributed by atoms with Crippen LogP contribution in [-0.2, 0) is 14.8 Å². The van der Waals surface area contributed by atoms with Gasteiger partial charge in [-0.05, 0) is 55.3 Å². The normalized spacial score (nSPS) is 22.6. The smallest absolute Gasteiger partial charge is 0.254 e. The van der Waals surface area contributed by atoms with Crippen LogP contribution in [0.4, 0.5) is 0 Å². The van der Waals surface area contributed by atoms with Gasteiger partial charge in [-0.1, -0.05) is 12.1 Å². The van der Waals surface area contributed by atoms with E-state index in [1.807, 2.05) is 16.3 Å². The Balaban J connectivity index is 1.50. The minimum absolute atomic E-state index is 0.0734. The van der Waals surface area contributed by atoms with Crippen LogP contribution in [0.25, 0.3) is 0 Å². The van der Waals surface area contributed by atoms with Crippen molar-refractivity contribution in [3.8, 4) is 0 Å². The monoisotopic (exact) mass is 420 g/mol. The lowest BCUT2D eigenvalue weighted by Gasteiger charge is -2.24. The van der Waals surface area contributed by atoms with Crippen molar-refractivity contribution in [1.82, 2.24) is 9.62 Å². The van der Waals surface area contributed by atoms with Gasteiger partial charge in [0.05, 0.1) is 17.0 Å². The third-order valence-electron chi connectivity index (χ3n) is 5.30. The van der Waals surface area contributed by atoms with Crippen molar-refractivity contribution in [3.63, 3.8) is 0 Å². The number of nitrogens with zero attached hydrogens (tertiary/aromatic N) is 1. The topological polar surface area (TPSA) is 75.7 Å². The van der Waals surface area contributed by atoms with Gasteiger partial charge in [0.25, 0.3) is 5.91 Å². The summed E-state index contributed by atoms with van der Waals surface area (Å²) in [6.45, 7) is 1.63. The molecule has 2 atom stereocenters. The molecule has 150 valence electrons. The fourth-order valence-corrected chi connectivity index (χ4v) is 5.83. The van der Waals surface area contributed by atoms with Crippen LogP contribution in [0.1, 0.15) is 47.0 Å². The van der Waals surface area contributed by atoms with Crippen molar-refractivity contribution < 1.29 is 17.9 Å². The number of rotatable bonds is 6. The zero-order chi connectivity index (χ0) is 19.6. The van der Waals surface area contributed by atoms with Gasteiger partial charge in [-0.2, -0.15) is 0 Å². The van der Waals surface area contributed by atoms with Gasteiger partial charge in [0.2, 0.25) is 10.0 Å². The van der Waals surface area contributed by atoms with Crippen molar-refractivity contribution in [2.24, 2.45) is 0 Å². The largest absolute Gasteiger partial charge is 0.377 e. The van der Waals surface area contributed by atoms with Gasteiger partial charge >= 0.3 is 0 Å². The molecule has 0 aliphatic carbocycles. The highest BCUT2D eigenvalue weighted by molar-refractivity contribution is 7.89. The first-order valence-corrected chi connectivity index (χ1v) is 12.0. The van der Waals surface area contributed by atoms with Crippen molar-refractivity contribution in [3.05, 3.63) is 52.2 Å². The van der Waals surface area contributed by atoms with Gasteiger partial charge in [0.15, 0.2) is 0 Å². The van der Waals surface area contributed by atoms with Crippen molar-refractivity contribution in [2.45, 2.75) is 42.7 Å². The summed E-state index contributed by atoms with van der Waals surface area (Å²) in [5.41, 5.74) is 0.406. The fourth-order valence-electron chi connectivity index (χ4n) is 3.84. The maximum Gasteiger partial charge on any atom is 0.254 e. The third-order valence-corrected chi connectivity index (χ3v) is 7.70. The molecule has 3 heterocycles. The third kappa shape index (κ3) is 4.15. The predicted octanol–water partition coefficient (Wildman–Crippen LogP) is 3.18. The zero-order valence-corrected chi connectivity index (χ0v) is 17.2. The van der Waals surface area contributed by atoms with Crippen LogP contribution in [0.3, 0.4) is 0 Å². The van der Waals surface area contributed by atoms with E-state index in [1.54, 1.807) is 23.5 Å². The summed E-state index contributed by atoms with van der Waals surface area (Å²) < 4.78 is 33.4. The molecule has 0 bridgehead atoms. The molecule has 8 heteroatoms. The van der Waals surface area contributed by atoms with Crippen molar-refractivity contribution >= 4 is 27.3 Å². The number of nitrogens with one attached hydrogen (secondary N) is 1. The second-order valence-electron chi connectivity index (χ2n) is 7.19. The van der Waals surface area contributed by atoms with E-state index in [0.717, 1.165) is 25.7 Å². The van der Waals surface area contributed by atoms with Gasteiger partial charge in [-0.15, -0.1) is 11.3 Å². The number of amides is 1. The van der Waals surface area contributed by atoms with Crippen molar-refractivity contribution in [2.75, 3.05) is 19.7 Å². The lowest BCUT2D eigenvalue weighted by atomic mass is 10.1. The predicted molar refractivity (Wildman–Crippen MR) is 108 cm³/mol. The molecule has 1 N–H and O–H groups in total. The Morgan fingerprint density at radius 3 is 2.86 bits per heavy atom. The summed E-state index contributed by atoms with van der Waals surface area (Å²) in [5, 5.41) is 2.02. The Morgan fingerprint density at radius 2 is 2.11 bits per heavy atom. The van der Waals surface area contributed by atoms with E-state index in [1.165, 1.54) is 17.0 Å². The molecule has 0 radical (unpaired) electrons. The highest BCUT2D eigenvalue weighted by Gasteiger charge is 2.31. The van der Waals surface area contributed by atoms with Crippen LogP contribution < -0.4 is 4.72 Å². The Labute approximate surface area is 169 Å². The second-order valence-corrected chi connectivity index (χ2v) is 9.93. The molecule has 1 aromatic heterocycles. The van der Waals surface area contributed by atoms with E-state index < -0.39 is 10.0 Å². The highest BCUT2D eigenvalue weighted by atomic mass is 32.2. The minimum Gasteiger partial charge on any atom is -0.377 e. The Morgan fingerprint density at radius 1 is 1.21 bits per heavy atom. The molecule has 2 aliphatic heterocycles. The van der Waals surface area contributed by atoms with Crippen LogP contribution in [0.2, 0.25) is 0 Å². The van der Waals surface area contributed by atoms with E-state index in [9.17, 15) is 13.2 Å². The maximum atomic E-state index is 13.1. The number of sulfonamides is 1. The molecule has 2 aliphatic rings. The summed E-state index contributed by atoms with van der Waals surface area (Å²) in [7, 11) is -3.68. The lowest BCUT2D eigenvalue weighted by molar-refractivity contribution is 0.0737. The van der Waals surface area contributed by atoms with E-state index in [-0.39, 0.29) is 29.5 Å². The van der Waals surface area contributed by atoms with Gasteiger partial charge in [-0.3, -0.25) is 4.79 Å². The number of hydrogen-bond donors (Lipinski definition) is 1. The van der Waals surface area contributed by atoms with Gasteiger partial charge in [-0.25, -0.2) is 13.1 Å². The minimum atomic E-state index is -3.68. The molecule has 2 saturated heterocycles. The first-order valence-electron chi connectivity index (χ1n) is 9.60. The molecule has 28 heavy (non-hydrogen) atoms. The van der Waals surface area contributed by atoms with Crippen LogP contribution in [0.15, 0.2) is 46.7 Å². The number of benzene rings is 1. The molecular weight excluding hydrogens is 396 g/mol. The van der Waals surface area contributed by atoms with Crippen LogP contribution >= 0.6 is 11.3 Å². The summed E-state index contributed by atoms with van der Waals surface area (Å²) in [5.74, 6) is -0.118. The molecule has 0 spiro atoms. The number of thiophene rings is 1. The Hall–Kier alpha value is -1.74. The molecule has 6 nitrogen and oxygen atoms in total. The number of carbonyl (C=O) groups is 1. The quantitative estimate of drug-likeness (QED) is 0.779. The van der Waals surface area contributed by atoms with E-state index in [0.29, 0.717) is 18.7 Å². The lowest BCUT2D eigenvalue weighted by Crippen LogP contribution is -2.32. The average Bonchev–Trinajstić information content (AvgIpc) is 3.48. The maximum absolute atomic E-state index is 13.1. The van der Waals surface area contributed by atoms with Crippen LogP contribution in [-0.4, -0.2) is 45.0 Å². The fraction of sp³-hybridized carbons (Fsp3) is 0.450. The SMILES string of the molecule is O=C(c1cccc(S(=O)(=O)NC[C@H]2CCCO2)c1)N1CCC[C@@H]1c1cccs1. The number of likely N-dealkylation sites (tertiary alicyclic amines) is 1. The number of carbonyl (C=O) groups excluding carboxylic acids is 1. The first-order chi connectivity index (χ1) is 13.5. The zero-order valence-electron chi connectivity index (χ0n) is 15.5. The first kappa shape index (κ1) is 19.6. The molecule has 0 saturated carbocycles. The number of ether oxygens (including phenoxy) is 1. The summed E-state index contributed by atoms with van der Waals surface area (Å²) in [6, 6.07) is 10.4. The van der Waals surface area contributed by atoms with E-state index >= 15 is 0 Å². The molecule has 1 aromatic carbocycles. The molecule has 2 fully saturated rings. The van der Waals surface area contributed by atoms with E-state index in [4.69, 9.17) is 4.74 Å². The standard InChI is InChI=1S/C20H24N2O4S2/c23-20(22-10-2-8-18(22)19-9-4-12-27-19)15-5-1-7-17(13-15)28(24,25)21-14-16-6-3-11-26-16/h1,4-5,7,9,12-13,16,18,21H,2-3,6,8,10-11,14H2/t16-,18-/m1/s1. The summed E-state index contributed by atoms with van der Waals surface area (Å²) in [6.07, 6.45) is 3.64. The molecular formula is C20H24N2O4S2. The number of hydrogen-bond acceptors (Lipinski definition) is 5. The van der Waals surface area contributed by atoms with E-state index in [2.05, 4.69) is 10.8 Å². The summed E-state index contributed by atoms with van der Waals surface area (Å²) in [4.78, 5) is 16.2. The van der Waals surface area contributed by atoms with Crippen molar-refractivity contribution in [1.29, 1.82) is 0 Å². The average molecular weight is 421 g/mol.